The van der Waals surface area contributed by atoms with E-state index in [0.29, 0.717) is 24.4 Å². The summed E-state index contributed by atoms with van der Waals surface area (Å²) in [6, 6.07) is 0. The van der Waals surface area contributed by atoms with Crippen LogP contribution in [0.2, 0.25) is 0 Å². The van der Waals surface area contributed by atoms with Crippen molar-refractivity contribution in [1.29, 1.82) is 0 Å². The number of hydrogen-bond acceptors (Lipinski definition) is 7. The maximum atomic E-state index is 9.26. The molecule has 0 radical (unpaired) electrons. The zero-order chi connectivity index (χ0) is 13.0. The summed E-state index contributed by atoms with van der Waals surface area (Å²) in [6.45, 7) is 4.12. The molecule has 18 heavy (non-hydrogen) atoms. The minimum atomic E-state index is -0.435. The predicted molar refractivity (Wildman–Crippen MR) is 71.0 cm³/mol. The first-order chi connectivity index (χ1) is 8.69. The lowest BCUT2D eigenvalue weighted by Crippen LogP contribution is -2.23. The van der Waals surface area contributed by atoms with Crippen molar-refractivity contribution in [3.05, 3.63) is 0 Å². The fourth-order valence-corrected chi connectivity index (χ4v) is 1.85. The van der Waals surface area contributed by atoms with E-state index in [-0.39, 0.29) is 0 Å². The van der Waals surface area contributed by atoms with Crippen LogP contribution in [0.5, 0.6) is 0 Å². The van der Waals surface area contributed by atoms with E-state index in [0.717, 1.165) is 13.1 Å². The highest BCUT2D eigenvalue weighted by molar-refractivity contribution is 5.44. The standard InChI is InChI=1S/C11H20N6O/c1-8(18)7-13-10-14-9(12-2)15-11(16-10)17-5-3-4-6-17/h8,18H,3-7H2,1-2H3,(H2,12,13,14,15,16). The zero-order valence-corrected chi connectivity index (χ0v) is 10.8. The van der Waals surface area contributed by atoms with Crippen LogP contribution in [0, 0.1) is 0 Å². The maximum absolute atomic E-state index is 9.26. The quantitative estimate of drug-likeness (QED) is 0.695. The van der Waals surface area contributed by atoms with Crippen LogP contribution >= 0.6 is 0 Å². The lowest BCUT2D eigenvalue weighted by atomic mass is 10.4. The summed E-state index contributed by atoms with van der Waals surface area (Å²) in [5.41, 5.74) is 0. The summed E-state index contributed by atoms with van der Waals surface area (Å²) in [4.78, 5) is 15.1. The number of anilines is 3. The number of aliphatic hydroxyl groups excluding tert-OH is 1. The third kappa shape index (κ3) is 3.19. The molecule has 1 aromatic rings. The van der Waals surface area contributed by atoms with Gasteiger partial charge in [-0.1, -0.05) is 0 Å². The molecule has 1 unspecified atom stereocenters. The molecule has 0 saturated carbocycles. The average Bonchev–Trinajstić information content (AvgIpc) is 2.89. The molecule has 1 atom stereocenters. The molecule has 1 aromatic heterocycles. The second-order valence-electron chi connectivity index (χ2n) is 4.46. The van der Waals surface area contributed by atoms with Crippen LogP contribution in [0.3, 0.4) is 0 Å². The van der Waals surface area contributed by atoms with Crippen molar-refractivity contribution in [2.45, 2.75) is 25.9 Å². The fourth-order valence-electron chi connectivity index (χ4n) is 1.85. The fraction of sp³-hybridized carbons (Fsp3) is 0.727. The smallest absolute Gasteiger partial charge is 0.231 e. The Bertz CT molecular complexity index is 391. The summed E-state index contributed by atoms with van der Waals surface area (Å²) in [5.74, 6) is 1.73. The molecule has 0 bridgehead atoms. The number of aliphatic hydroxyl groups is 1. The molecule has 1 aliphatic rings. The van der Waals surface area contributed by atoms with Crippen molar-refractivity contribution in [1.82, 2.24) is 15.0 Å². The Balaban J connectivity index is 2.15. The predicted octanol–water partition coefficient (Wildman–Crippen LogP) is 0.306. The van der Waals surface area contributed by atoms with Gasteiger partial charge in [-0.25, -0.2) is 0 Å². The van der Waals surface area contributed by atoms with Gasteiger partial charge in [0, 0.05) is 26.7 Å². The van der Waals surface area contributed by atoms with Crippen LogP contribution < -0.4 is 15.5 Å². The Morgan fingerprint density at radius 3 is 2.50 bits per heavy atom. The molecule has 2 rings (SSSR count). The van der Waals surface area contributed by atoms with Crippen LogP contribution in [0.4, 0.5) is 17.8 Å². The Morgan fingerprint density at radius 2 is 1.89 bits per heavy atom. The van der Waals surface area contributed by atoms with Gasteiger partial charge in [0.25, 0.3) is 0 Å². The average molecular weight is 252 g/mol. The van der Waals surface area contributed by atoms with E-state index in [1.807, 2.05) is 0 Å². The summed E-state index contributed by atoms with van der Waals surface area (Å²) < 4.78 is 0. The van der Waals surface area contributed by atoms with Crippen molar-refractivity contribution in [2.24, 2.45) is 0 Å². The normalized spacial score (nSPS) is 16.7. The lowest BCUT2D eigenvalue weighted by molar-refractivity contribution is 0.208. The van der Waals surface area contributed by atoms with Gasteiger partial charge in [-0.15, -0.1) is 0 Å². The minimum Gasteiger partial charge on any atom is -0.392 e. The molecule has 3 N–H and O–H groups in total. The summed E-state index contributed by atoms with van der Waals surface area (Å²) in [5, 5.41) is 15.2. The van der Waals surface area contributed by atoms with Gasteiger partial charge in [0.1, 0.15) is 0 Å². The molecule has 1 fully saturated rings. The first kappa shape index (κ1) is 12.8. The monoisotopic (exact) mass is 252 g/mol. The number of rotatable bonds is 5. The highest BCUT2D eigenvalue weighted by Crippen LogP contribution is 2.18. The second kappa shape index (κ2) is 5.81. The first-order valence-corrected chi connectivity index (χ1v) is 6.30. The molecule has 0 amide bonds. The number of aromatic nitrogens is 3. The van der Waals surface area contributed by atoms with Crippen LogP contribution in [-0.4, -0.2) is 52.8 Å². The largest absolute Gasteiger partial charge is 0.392 e. The van der Waals surface area contributed by atoms with E-state index in [1.54, 1.807) is 14.0 Å². The number of nitrogens with zero attached hydrogens (tertiary/aromatic N) is 4. The zero-order valence-electron chi connectivity index (χ0n) is 10.8. The van der Waals surface area contributed by atoms with Gasteiger partial charge in [0.2, 0.25) is 17.8 Å². The van der Waals surface area contributed by atoms with E-state index in [2.05, 4.69) is 30.5 Å². The highest BCUT2D eigenvalue weighted by atomic mass is 16.3. The third-order valence-corrected chi connectivity index (χ3v) is 2.79. The number of nitrogens with one attached hydrogen (secondary N) is 2. The third-order valence-electron chi connectivity index (χ3n) is 2.79. The SMILES string of the molecule is CNc1nc(NCC(C)O)nc(N2CCCC2)n1. The maximum Gasteiger partial charge on any atom is 0.231 e. The molecular weight excluding hydrogens is 232 g/mol. The molecule has 7 nitrogen and oxygen atoms in total. The van der Waals surface area contributed by atoms with Gasteiger partial charge in [0.05, 0.1) is 6.10 Å². The molecular formula is C11H20N6O. The van der Waals surface area contributed by atoms with Crippen molar-refractivity contribution in [2.75, 3.05) is 42.2 Å². The molecule has 0 aliphatic carbocycles. The summed E-state index contributed by atoms with van der Waals surface area (Å²) in [6.07, 6.45) is 1.92. The van der Waals surface area contributed by atoms with E-state index in [4.69, 9.17) is 0 Å². The molecule has 2 heterocycles. The van der Waals surface area contributed by atoms with Gasteiger partial charge in [0.15, 0.2) is 0 Å². The topological polar surface area (TPSA) is 86.2 Å². The Labute approximate surface area is 107 Å². The Morgan fingerprint density at radius 1 is 1.22 bits per heavy atom. The van der Waals surface area contributed by atoms with Crippen LogP contribution in [0.15, 0.2) is 0 Å². The van der Waals surface area contributed by atoms with Gasteiger partial charge in [-0.2, -0.15) is 15.0 Å². The summed E-state index contributed by atoms with van der Waals surface area (Å²) >= 11 is 0. The van der Waals surface area contributed by atoms with Crippen LogP contribution in [-0.2, 0) is 0 Å². The Hall–Kier alpha value is -1.63. The number of hydrogen-bond donors (Lipinski definition) is 3. The van der Waals surface area contributed by atoms with Crippen LogP contribution in [0.25, 0.3) is 0 Å². The second-order valence-corrected chi connectivity index (χ2v) is 4.46. The molecule has 1 saturated heterocycles. The van der Waals surface area contributed by atoms with Crippen LogP contribution in [0.1, 0.15) is 19.8 Å². The van der Waals surface area contributed by atoms with Crippen molar-refractivity contribution < 1.29 is 5.11 Å². The van der Waals surface area contributed by atoms with Crippen molar-refractivity contribution in [3.63, 3.8) is 0 Å². The first-order valence-electron chi connectivity index (χ1n) is 6.30. The summed E-state index contributed by atoms with van der Waals surface area (Å²) in [7, 11) is 1.78. The highest BCUT2D eigenvalue weighted by Gasteiger charge is 2.17. The van der Waals surface area contributed by atoms with E-state index < -0.39 is 6.10 Å². The lowest BCUT2D eigenvalue weighted by Gasteiger charge is -2.17. The minimum absolute atomic E-state index is 0.423. The molecule has 7 heteroatoms. The molecule has 0 spiro atoms. The van der Waals surface area contributed by atoms with E-state index in [9.17, 15) is 5.11 Å². The molecule has 1 aliphatic heterocycles. The Kier molecular flexibility index (Phi) is 4.14. The van der Waals surface area contributed by atoms with E-state index >= 15 is 0 Å². The van der Waals surface area contributed by atoms with Crippen molar-refractivity contribution >= 4 is 17.8 Å². The molecule has 0 aromatic carbocycles. The van der Waals surface area contributed by atoms with E-state index in [1.165, 1.54) is 12.8 Å². The van der Waals surface area contributed by atoms with Gasteiger partial charge >= 0.3 is 0 Å². The van der Waals surface area contributed by atoms with Gasteiger partial charge in [-0.05, 0) is 19.8 Å². The van der Waals surface area contributed by atoms with Crippen molar-refractivity contribution in [3.8, 4) is 0 Å². The van der Waals surface area contributed by atoms with Gasteiger partial charge < -0.3 is 20.6 Å². The van der Waals surface area contributed by atoms with Gasteiger partial charge in [-0.3, -0.25) is 0 Å². The molecule has 100 valence electrons.